The molecule has 0 amide bonds. The molecule has 0 fully saturated rings. The molecule has 0 aliphatic rings. The molecular weight excluding hydrogens is 294 g/mol. The number of para-hydroxylation sites is 1. The van der Waals surface area contributed by atoms with Crippen molar-refractivity contribution in [2.75, 3.05) is 0 Å². The van der Waals surface area contributed by atoms with E-state index in [0.29, 0.717) is 11.2 Å². The van der Waals surface area contributed by atoms with E-state index in [0.717, 1.165) is 16.6 Å². The molecule has 3 aromatic carbocycles. The summed E-state index contributed by atoms with van der Waals surface area (Å²) in [6.07, 6.45) is 0. The Morgan fingerprint density at radius 2 is 1.43 bits per heavy atom. The van der Waals surface area contributed by atoms with Gasteiger partial charge < -0.3 is 0 Å². The van der Waals surface area contributed by atoms with Gasteiger partial charge in [-0.25, -0.2) is 13.5 Å². The summed E-state index contributed by atoms with van der Waals surface area (Å²) >= 11 is 0. The number of hydrogen-bond acceptors (Lipinski definition) is 1. The molecule has 4 aromatic rings. The Hall–Kier alpha value is -3.01. The molecule has 1 aromatic heterocycles. The standard InChI is InChI=1S/C19H12F2N2/c20-14-8-6-13(7-9-14)19-17-11-10-15(21)12-18(17)23(22-19)16-4-2-1-3-5-16/h1-12H. The molecule has 4 heteroatoms. The van der Waals surface area contributed by atoms with Crippen LogP contribution in [0.3, 0.4) is 0 Å². The highest BCUT2D eigenvalue weighted by Gasteiger charge is 2.14. The van der Waals surface area contributed by atoms with Crippen LogP contribution in [0.2, 0.25) is 0 Å². The Morgan fingerprint density at radius 1 is 0.739 bits per heavy atom. The molecule has 0 atom stereocenters. The number of nitrogens with zero attached hydrogens (tertiary/aromatic N) is 2. The molecule has 0 bridgehead atoms. The van der Waals surface area contributed by atoms with E-state index in [-0.39, 0.29) is 11.6 Å². The third kappa shape index (κ3) is 2.38. The number of halogens is 2. The Morgan fingerprint density at radius 3 is 2.17 bits per heavy atom. The van der Waals surface area contributed by atoms with Gasteiger partial charge in [0.25, 0.3) is 0 Å². The zero-order valence-electron chi connectivity index (χ0n) is 12.1. The minimum atomic E-state index is -0.319. The van der Waals surface area contributed by atoms with Gasteiger partial charge in [0.05, 0.1) is 11.2 Å². The molecule has 0 saturated carbocycles. The van der Waals surface area contributed by atoms with E-state index >= 15 is 0 Å². The van der Waals surface area contributed by atoms with Crippen molar-refractivity contribution in [2.45, 2.75) is 0 Å². The van der Waals surface area contributed by atoms with Gasteiger partial charge in [-0.05, 0) is 48.5 Å². The molecule has 2 nitrogen and oxygen atoms in total. The highest BCUT2D eigenvalue weighted by molar-refractivity contribution is 5.94. The third-order valence-electron chi connectivity index (χ3n) is 3.76. The largest absolute Gasteiger partial charge is 0.232 e. The summed E-state index contributed by atoms with van der Waals surface area (Å²) in [5.41, 5.74) is 3.01. The first-order valence-electron chi connectivity index (χ1n) is 7.22. The highest BCUT2D eigenvalue weighted by Crippen LogP contribution is 2.30. The molecule has 0 spiro atoms. The van der Waals surface area contributed by atoms with Crippen LogP contribution in [0.15, 0.2) is 72.8 Å². The van der Waals surface area contributed by atoms with Gasteiger partial charge in [0.15, 0.2) is 0 Å². The smallest absolute Gasteiger partial charge is 0.125 e. The lowest BCUT2D eigenvalue weighted by atomic mass is 10.1. The zero-order valence-corrected chi connectivity index (χ0v) is 12.1. The number of aromatic nitrogens is 2. The summed E-state index contributed by atoms with van der Waals surface area (Å²) < 4.78 is 28.6. The van der Waals surface area contributed by atoms with Gasteiger partial charge in [-0.3, -0.25) is 0 Å². The Labute approximate surface area is 131 Å². The second kappa shape index (κ2) is 5.32. The first kappa shape index (κ1) is 13.6. The van der Waals surface area contributed by atoms with Crippen LogP contribution >= 0.6 is 0 Å². The van der Waals surface area contributed by atoms with Crippen molar-refractivity contribution in [3.8, 4) is 16.9 Å². The maximum Gasteiger partial charge on any atom is 0.125 e. The number of benzene rings is 3. The third-order valence-corrected chi connectivity index (χ3v) is 3.76. The van der Waals surface area contributed by atoms with E-state index in [1.54, 1.807) is 22.9 Å². The van der Waals surface area contributed by atoms with Gasteiger partial charge in [0, 0.05) is 17.0 Å². The summed E-state index contributed by atoms with van der Waals surface area (Å²) in [6.45, 7) is 0. The van der Waals surface area contributed by atoms with Gasteiger partial charge in [-0.15, -0.1) is 0 Å². The van der Waals surface area contributed by atoms with Gasteiger partial charge in [-0.1, -0.05) is 18.2 Å². The fourth-order valence-corrected chi connectivity index (χ4v) is 2.68. The van der Waals surface area contributed by atoms with Crippen molar-refractivity contribution in [1.29, 1.82) is 0 Å². The van der Waals surface area contributed by atoms with Gasteiger partial charge in [0.2, 0.25) is 0 Å². The van der Waals surface area contributed by atoms with Crippen molar-refractivity contribution in [3.63, 3.8) is 0 Å². The molecule has 112 valence electrons. The van der Waals surface area contributed by atoms with Gasteiger partial charge in [0.1, 0.15) is 17.3 Å². The van der Waals surface area contributed by atoms with Crippen molar-refractivity contribution < 1.29 is 8.78 Å². The predicted molar refractivity (Wildman–Crippen MR) is 86.4 cm³/mol. The van der Waals surface area contributed by atoms with E-state index in [1.165, 1.54) is 24.3 Å². The molecule has 0 aliphatic heterocycles. The minimum absolute atomic E-state index is 0.299. The molecular formula is C19H12F2N2. The van der Waals surface area contributed by atoms with E-state index in [9.17, 15) is 8.78 Å². The number of rotatable bonds is 2. The van der Waals surface area contributed by atoms with Crippen LogP contribution in [0.5, 0.6) is 0 Å². The molecule has 0 unspecified atom stereocenters. The monoisotopic (exact) mass is 306 g/mol. The SMILES string of the molecule is Fc1ccc(-c2nn(-c3ccccc3)c3cc(F)ccc23)cc1. The summed E-state index contributed by atoms with van der Waals surface area (Å²) in [5.74, 6) is -0.619. The topological polar surface area (TPSA) is 17.8 Å². The predicted octanol–water partition coefficient (Wildman–Crippen LogP) is 4.97. The highest BCUT2D eigenvalue weighted by atomic mass is 19.1. The summed E-state index contributed by atoms with van der Waals surface area (Å²) in [6, 6.07) is 20.3. The minimum Gasteiger partial charge on any atom is -0.232 e. The van der Waals surface area contributed by atoms with Crippen LogP contribution in [0.1, 0.15) is 0 Å². The van der Waals surface area contributed by atoms with E-state index in [1.807, 2.05) is 30.3 Å². The fourth-order valence-electron chi connectivity index (χ4n) is 2.68. The van der Waals surface area contributed by atoms with Crippen LogP contribution in [-0.2, 0) is 0 Å². The average Bonchev–Trinajstić information content (AvgIpc) is 2.95. The Bertz CT molecular complexity index is 974. The summed E-state index contributed by atoms with van der Waals surface area (Å²) in [5, 5.41) is 5.45. The molecule has 0 saturated heterocycles. The van der Waals surface area contributed by atoms with Gasteiger partial charge >= 0.3 is 0 Å². The molecule has 23 heavy (non-hydrogen) atoms. The van der Waals surface area contributed by atoms with Crippen LogP contribution in [-0.4, -0.2) is 9.78 Å². The lowest BCUT2D eigenvalue weighted by Crippen LogP contribution is -1.96. The molecule has 1 heterocycles. The summed E-state index contributed by atoms with van der Waals surface area (Å²) in [4.78, 5) is 0. The van der Waals surface area contributed by atoms with Crippen molar-refractivity contribution >= 4 is 10.9 Å². The molecule has 0 N–H and O–H groups in total. The fraction of sp³-hybridized carbons (Fsp3) is 0. The second-order valence-electron chi connectivity index (χ2n) is 5.26. The van der Waals surface area contributed by atoms with E-state index in [2.05, 4.69) is 5.10 Å². The number of hydrogen-bond donors (Lipinski definition) is 0. The Balaban J connectivity index is 2.01. The Kier molecular flexibility index (Phi) is 3.15. The lowest BCUT2D eigenvalue weighted by molar-refractivity contribution is 0.628. The summed E-state index contributed by atoms with van der Waals surface area (Å²) in [7, 11) is 0. The van der Waals surface area contributed by atoms with Crippen LogP contribution in [0.4, 0.5) is 8.78 Å². The quantitative estimate of drug-likeness (QED) is 0.511. The van der Waals surface area contributed by atoms with Gasteiger partial charge in [-0.2, -0.15) is 5.10 Å². The van der Waals surface area contributed by atoms with Crippen molar-refractivity contribution in [2.24, 2.45) is 0 Å². The van der Waals surface area contributed by atoms with Crippen LogP contribution in [0, 0.1) is 11.6 Å². The first-order chi connectivity index (χ1) is 11.2. The molecule has 4 rings (SSSR count). The van der Waals surface area contributed by atoms with Crippen molar-refractivity contribution in [3.05, 3.63) is 84.4 Å². The van der Waals surface area contributed by atoms with Crippen LogP contribution < -0.4 is 0 Å². The second-order valence-corrected chi connectivity index (χ2v) is 5.26. The average molecular weight is 306 g/mol. The molecule has 0 aliphatic carbocycles. The maximum atomic E-state index is 13.7. The number of fused-ring (bicyclic) bond motifs is 1. The maximum absolute atomic E-state index is 13.7. The molecule has 0 radical (unpaired) electrons. The van der Waals surface area contributed by atoms with E-state index in [4.69, 9.17) is 0 Å². The first-order valence-corrected chi connectivity index (χ1v) is 7.22. The van der Waals surface area contributed by atoms with Crippen LogP contribution in [0.25, 0.3) is 27.8 Å². The zero-order chi connectivity index (χ0) is 15.8. The lowest BCUT2D eigenvalue weighted by Gasteiger charge is -2.02. The van der Waals surface area contributed by atoms with E-state index < -0.39 is 0 Å². The normalized spacial score (nSPS) is 11.0. The van der Waals surface area contributed by atoms with Crippen molar-refractivity contribution in [1.82, 2.24) is 9.78 Å².